The molecule has 126 valence electrons. The molecule has 0 unspecified atom stereocenters. The number of carbonyl (C=O) groups excluding carboxylic acids is 1. The number of rotatable bonds is 4. The molecule has 1 saturated heterocycles. The smallest absolute Gasteiger partial charge is 0.228 e. The first-order valence-corrected chi connectivity index (χ1v) is 8.60. The maximum Gasteiger partial charge on any atom is 0.228 e. The number of anilines is 2. The summed E-state index contributed by atoms with van der Waals surface area (Å²) in [5.41, 5.74) is 3.12. The van der Waals surface area contributed by atoms with Gasteiger partial charge in [-0.05, 0) is 37.3 Å². The average Bonchev–Trinajstić information content (AvgIpc) is 2.60. The quantitative estimate of drug-likeness (QED) is 0.768. The lowest BCUT2D eigenvalue weighted by Gasteiger charge is -2.40. The van der Waals surface area contributed by atoms with Crippen LogP contribution in [0.4, 0.5) is 11.4 Å². The zero-order valence-corrected chi connectivity index (χ0v) is 15.0. The van der Waals surface area contributed by atoms with Gasteiger partial charge < -0.3 is 4.90 Å². The Labute approximate surface area is 152 Å². The summed E-state index contributed by atoms with van der Waals surface area (Å²) in [5.74, 6) is 0. The molecule has 4 nitrogen and oxygen atoms in total. The van der Waals surface area contributed by atoms with Gasteiger partial charge in [0.25, 0.3) is 0 Å². The molecule has 2 aromatic rings. The van der Waals surface area contributed by atoms with Gasteiger partial charge in [0.2, 0.25) is 6.41 Å². The molecular formula is C18H19Cl2N3O. The average molecular weight is 364 g/mol. The second kappa shape index (κ2) is 7.43. The Kier molecular flexibility index (Phi) is 5.29. The molecule has 1 aliphatic heterocycles. The van der Waals surface area contributed by atoms with Crippen LogP contribution in [0.15, 0.2) is 42.5 Å². The number of hydrazine groups is 1. The highest BCUT2D eigenvalue weighted by atomic mass is 35.5. The highest BCUT2D eigenvalue weighted by Gasteiger charge is 2.22. The zero-order valence-electron chi connectivity index (χ0n) is 13.5. The molecule has 0 saturated carbocycles. The lowest BCUT2D eigenvalue weighted by Crippen LogP contribution is -2.53. The normalized spacial score (nSPS) is 15.4. The van der Waals surface area contributed by atoms with Crippen LogP contribution in [0.2, 0.25) is 10.0 Å². The fourth-order valence-electron chi connectivity index (χ4n) is 2.84. The third-order valence-corrected chi connectivity index (χ3v) is 4.97. The first-order chi connectivity index (χ1) is 11.6. The van der Waals surface area contributed by atoms with Crippen LogP contribution in [0.25, 0.3) is 0 Å². The van der Waals surface area contributed by atoms with Crippen LogP contribution < -0.4 is 9.91 Å². The van der Waals surface area contributed by atoms with E-state index in [0.717, 1.165) is 44.0 Å². The molecule has 1 aliphatic rings. The zero-order chi connectivity index (χ0) is 17.1. The molecular weight excluding hydrogens is 345 g/mol. The second-order valence-electron chi connectivity index (χ2n) is 5.82. The minimum Gasteiger partial charge on any atom is -0.369 e. The van der Waals surface area contributed by atoms with Gasteiger partial charge in [-0.1, -0.05) is 40.9 Å². The Morgan fingerprint density at radius 3 is 2.21 bits per heavy atom. The van der Waals surface area contributed by atoms with E-state index < -0.39 is 0 Å². The van der Waals surface area contributed by atoms with Crippen LogP contribution >= 0.6 is 23.2 Å². The number of hydrogen-bond acceptors (Lipinski definition) is 3. The minimum atomic E-state index is 0.561. The van der Waals surface area contributed by atoms with Crippen LogP contribution in [0.3, 0.4) is 0 Å². The van der Waals surface area contributed by atoms with Crippen molar-refractivity contribution in [3.8, 4) is 0 Å². The second-order valence-corrected chi connectivity index (χ2v) is 6.64. The van der Waals surface area contributed by atoms with Crippen molar-refractivity contribution in [2.45, 2.75) is 6.92 Å². The number of hydrogen-bond donors (Lipinski definition) is 0. The van der Waals surface area contributed by atoms with Gasteiger partial charge in [0.05, 0.1) is 15.7 Å². The van der Waals surface area contributed by atoms with E-state index in [2.05, 4.69) is 9.91 Å². The van der Waals surface area contributed by atoms with E-state index in [9.17, 15) is 4.79 Å². The van der Waals surface area contributed by atoms with E-state index in [0.29, 0.717) is 10.0 Å². The molecule has 1 fully saturated rings. The van der Waals surface area contributed by atoms with E-state index >= 15 is 0 Å². The van der Waals surface area contributed by atoms with Crippen molar-refractivity contribution in [1.82, 2.24) is 5.01 Å². The van der Waals surface area contributed by atoms with Crippen molar-refractivity contribution in [3.05, 3.63) is 58.1 Å². The molecule has 0 atom stereocenters. The first kappa shape index (κ1) is 17.1. The maximum atomic E-state index is 11.6. The molecule has 0 aliphatic carbocycles. The summed E-state index contributed by atoms with van der Waals surface area (Å²) in [6.45, 7) is 5.17. The molecule has 24 heavy (non-hydrogen) atoms. The van der Waals surface area contributed by atoms with Gasteiger partial charge in [-0.2, -0.15) is 0 Å². The molecule has 0 bridgehead atoms. The summed E-state index contributed by atoms with van der Waals surface area (Å²) in [5, 5.41) is 4.87. The predicted molar refractivity (Wildman–Crippen MR) is 100.0 cm³/mol. The monoisotopic (exact) mass is 363 g/mol. The van der Waals surface area contributed by atoms with Gasteiger partial charge in [-0.25, -0.2) is 10.0 Å². The number of aryl methyl sites for hydroxylation is 1. The summed E-state index contributed by atoms with van der Waals surface area (Å²) >= 11 is 12.1. The SMILES string of the molecule is Cc1ccc(N(C=O)N2CCN(c3ccc(Cl)c(Cl)c3)CC2)cc1. The van der Waals surface area contributed by atoms with Crippen LogP contribution in [0, 0.1) is 6.92 Å². The van der Waals surface area contributed by atoms with Crippen molar-refractivity contribution in [2.24, 2.45) is 0 Å². The first-order valence-electron chi connectivity index (χ1n) is 7.84. The van der Waals surface area contributed by atoms with Crippen LogP contribution in [-0.2, 0) is 4.79 Å². The Morgan fingerprint density at radius 2 is 1.62 bits per heavy atom. The number of benzene rings is 2. The Balaban J connectivity index is 1.68. The van der Waals surface area contributed by atoms with Gasteiger partial charge in [0, 0.05) is 31.9 Å². The third-order valence-electron chi connectivity index (χ3n) is 4.23. The number of halogens is 2. The summed E-state index contributed by atoms with van der Waals surface area (Å²) in [4.78, 5) is 13.8. The molecule has 0 spiro atoms. The lowest BCUT2D eigenvalue weighted by atomic mass is 10.2. The van der Waals surface area contributed by atoms with Crippen molar-refractivity contribution >= 4 is 41.0 Å². The highest BCUT2D eigenvalue weighted by molar-refractivity contribution is 6.42. The Morgan fingerprint density at radius 1 is 0.958 bits per heavy atom. The van der Waals surface area contributed by atoms with Crippen LogP contribution in [0.1, 0.15) is 5.56 Å². The summed E-state index contributed by atoms with van der Waals surface area (Å²) in [6.07, 6.45) is 0.874. The van der Waals surface area contributed by atoms with E-state index in [1.807, 2.05) is 49.4 Å². The fourth-order valence-corrected chi connectivity index (χ4v) is 3.13. The topological polar surface area (TPSA) is 26.8 Å². The van der Waals surface area contributed by atoms with E-state index in [-0.39, 0.29) is 0 Å². The number of amides is 1. The van der Waals surface area contributed by atoms with Gasteiger partial charge >= 0.3 is 0 Å². The van der Waals surface area contributed by atoms with E-state index in [4.69, 9.17) is 23.2 Å². The number of carbonyl (C=O) groups is 1. The lowest BCUT2D eigenvalue weighted by molar-refractivity contribution is -0.110. The summed E-state index contributed by atoms with van der Waals surface area (Å²) in [7, 11) is 0. The Bertz CT molecular complexity index is 713. The largest absolute Gasteiger partial charge is 0.369 e. The molecule has 1 amide bonds. The molecule has 2 aromatic carbocycles. The van der Waals surface area contributed by atoms with Crippen LogP contribution in [0.5, 0.6) is 0 Å². The maximum absolute atomic E-state index is 11.6. The van der Waals surface area contributed by atoms with E-state index in [1.165, 1.54) is 5.56 Å². The van der Waals surface area contributed by atoms with Crippen molar-refractivity contribution in [2.75, 3.05) is 36.1 Å². The standard InChI is InChI=1S/C18H19Cl2N3O/c1-14-2-4-15(5-3-14)23(13-24)22-10-8-21(9-11-22)16-6-7-17(19)18(20)12-16/h2-7,12-13H,8-11H2,1H3. The molecule has 0 aromatic heterocycles. The number of nitrogens with zero attached hydrogens (tertiary/aromatic N) is 3. The van der Waals surface area contributed by atoms with Gasteiger partial charge in [-0.15, -0.1) is 0 Å². The van der Waals surface area contributed by atoms with Crippen molar-refractivity contribution < 1.29 is 4.79 Å². The molecule has 0 N–H and O–H groups in total. The van der Waals surface area contributed by atoms with Crippen LogP contribution in [-0.4, -0.2) is 37.6 Å². The van der Waals surface area contributed by atoms with Gasteiger partial charge in [-0.3, -0.25) is 4.79 Å². The Hall–Kier alpha value is -1.75. The fraction of sp³-hybridized carbons (Fsp3) is 0.278. The predicted octanol–water partition coefficient (Wildman–Crippen LogP) is 4.00. The molecule has 1 heterocycles. The van der Waals surface area contributed by atoms with Gasteiger partial charge in [0.15, 0.2) is 0 Å². The molecule has 0 radical (unpaired) electrons. The van der Waals surface area contributed by atoms with Crippen molar-refractivity contribution in [3.63, 3.8) is 0 Å². The molecule has 3 rings (SSSR count). The third kappa shape index (κ3) is 3.66. The van der Waals surface area contributed by atoms with Crippen molar-refractivity contribution in [1.29, 1.82) is 0 Å². The highest BCUT2D eigenvalue weighted by Crippen LogP contribution is 2.28. The van der Waals surface area contributed by atoms with Gasteiger partial charge in [0.1, 0.15) is 0 Å². The number of piperazine rings is 1. The summed E-state index contributed by atoms with van der Waals surface area (Å²) < 4.78 is 0. The summed E-state index contributed by atoms with van der Waals surface area (Å²) in [6, 6.07) is 13.6. The van der Waals surface area contributed by atoms with E-state index in [1.54, 1.807) is 5.01 Å². The minimum absolute atomic E-state index is 0.561. The molecule has 6 heteroatoms.